The standard InChI is InChI=1S/C20H23N3O3/c1-14(2)17-9-6-16(7-10-17)13-21-22-20(25)18-5-3-4-15(12-18)8-11-19(24)23-26/h3-6,8,11-13,17,26H,1,7,9-10H2,2H3,(H,22,25)(H,23,24)/b11-8+,21-13+/t17-/m1/s1. The highest BCUT2D eigenvalue weighted by Gasteiger charge is 2.13. The lowest BCUT2D eigenvalue weighted by atomic mass is 9.86. The summed E-state index contributed by atoms with van der Waals surface area (Å²) in [4.78, 5) is 23.2. The number of hydroxylamine groups is 1. The Morgan fingerprint density at radius 2 is 2.19 bits per heavy atom. The monoisotopic (exact) mass is 353 g/mol. The van der Waals surface area contributed by atoms with Gasteiger partial charge in [-0.2, -0.15) is 5.10 Å². The van der Waals surface area contributed by atoms with E-state index < -0.39 is 5.91 Å². The van der Waals surface area contributed by atoms with Crippen LogP contribution in [0.5, 0.6) is 0 Å². The third kappa shape index (κ3) is 5.82. The van der Waals surface area contributed by atoms with Crippen molar-refractivity contribution >= 4 is 24.1 Å². The Bertz CT molecular complexity index is 778. The van der Waals surface area contributed by atoms with Crippen LogP contribution in [0.3, 0.4) is 0 Å². The molecule has 136 valence electrons. The zero-order valence-electron chi connectivity index (χ0n) is 14.7. The molecule has 0 aromatic heterocycles. The molecule has 0 spiro atoms. The molecule has 0 unspecified atom stereocenters. The van der Waals surface area contributed by atoms with E-state index in [1.54, 1.807) is 30.5 Å². The van der Waals surface area contributed by atoms with E-state index in [0.29, 0.717) is 17.0 Å². The molecule has 2 rings (SSSR count). The van der Waals surface area contributed by atoms with Crippen LogP contribution in [0.2, 0.25) is 0 Å². The quantitative estimate of drug-likeness (QED) is 0.241. The fourth-order valence-corrected chi connectivity index (χ4v) is 2.65. The molecule has 2 amide bonds. The minimum atomic E-state index is -0.640. The number of carbonyl (C=O) groups is 2. The number of hydrogen-bond donors (Lipinski definition) is 3. The highest BCUT2D eigenvalue weighted by molar-refractivity contribution is 5.96. The van der Waals surface area contributed by atoms with E-state index >= 15 is 0 Å². The SMILES string of the molecule is C=C(C)[C@@H]1CC=C(/C=N/NC(=O)c2cccc(/C=C/C(=O)NO)c2)CC1. The number of hydrazone groups is 1. The maximum Gasteiger partial charge on any atom is 0.271 e. The van der Waals surface area contributed by atoms with Gasteiger partial charge in [0.25, 0.3) is 11.8 Å². The molecule has 0 saturated heterocycles. The van der Waals surface area contributed by atoms with Crippen molar-refractivity contribution in [3.05, 3.63) is 65.3 Å². The second kappa shape index (κ2) is 9.48. The highest BCUT2D eigenvalue weighted by atomic mass is 16.5. The molecule has 3 N–H and O–H groups in total. The first-order chi connectivity index (χ1) is 12.5. The molecule has 0 saturated carbocycles. The topological polar surface area (TPSA) is 90.8 Å². The summed E-state index contributed by atoms with van der Waals surface area (Å²) >= 11 is 0. The van der Waals surface area contributed by atoms with Crippen LogP contribution in [-0.4, -0.2) is 23.2 Å². The minimum Gasteiger partial charge on any atom is -0.288 e. The van der Waals surface area contributed by atoms with Crippen molar-refractivity contribution < 1.29 is 14.8 Å². The van der Waals surface area contributed by atoms with Crippen molar-refractivity contribution in [1.82, 2.24) is 10.9 Å². The molecule has 0 heterocycles. The Hall–Kier alpha value is -2.99. The van der Waals surface area contributed by atoms with Gasteiger partial charge in [-0.15, -0.1) is 0 Å². The summed E-state index contributed by atoms with van der Waals surface area (Å²) in [5, 5.41) is 12.5. The Morgan fingerprint density at radius 1 is 1.38 bits per heavy atom. The predicted molar refractivity (Wildman–Crippen MR) is 102 cm³/mol. The van der Waals surface area contributed by atoms with E-state index in [1.807, 2.05) is 0 Å². The van der Waals surface area contributed by atoms with Crippen LogP contribution < -0.4 is 10.9 Å². The van der Waals surface area contributed by atoms with E-state index in [2.05, 4.69) is 30.1 Å². The number of benzene rings is 1. The largest absolute Gasteiger partial charge is 0.288 e. The van der Waals surface area contributed by atoms with E-state index in [0.717, 1.165) is 24.8 Å². The van der Waals surface area contributed by atoms with Gasteiger partial charge in [-0.3, -0.25) is 14.8 Å². The van der Waals surface area contributed by atoms with Crippen LogP contribution in [0.15, 0.2) is 59.2 Å². The van der Waals surface area contributed by atoms with Gasteiger partial charge in [0.15, 0.2) is 0 Å². The summed E-state index contributed by atoms with van der Waals surface area (Å²) in [7, 11) is 0. The average Bonchev–Trinajstić information content (AvgIpc) is 2.66. The first-order valence-electron chi connectivity index (χ1n) is 8.39. The molecule has 1 aromatic rings. The van der Waals surface area contributed by atoms with Crippen molar-refractivity contribution in [1.29, 1.82) is 0 Å². The summed E-state index contributed by atoms with van der Waals surface area (Å²) < 4.78 is 0. The fraction of sp³-hybridized carbons (Fsp3) is 0.250. The first-order valence-corrected chi connectivity index (χ1v) is 8.39. The minimum absolute atomic E-state index is 0.334. The lowest BCUT2D eigenvalue weighted by Crippen LogP contribution is -2.18. The molecular formula is C20H23N3O3. The van der Waals surface area contributed by atoms with Crippen LogP contribution in [0.4, 0.5) is 0 Å². The molecule has 0 fully saturated rings. The number of rotatable bonds is 6. The molecule has 6 nitrogen and oxygen atoms in total. The Kier molecular flexibility index (Phi) is 7.05. The normalized spacial score (nSPS) is 17.2. The van der Waals surface area contributed by atoms with Gasteiger partial charge in [-0.1, -0.05) is 30.4 Å². The van der Waals surface area contributed by atoms with Crippen LogP contribution in [0.1, 0.15) is 42.1 Å². The van der Waals surface area contributed by atoms with E-state index in [-0.39, 0.29) is 5.91 Å². The fourth-order valence-electron chi connectivity index (χ4n) is 2.65. The molecule has 26 heavy (non-hydrogen) atoms. The molecule has 1 atom stereocenters. The number of nitrogens with zero attached hydrogens (tertiary/aromatic N) is 1. The summed E-state index contributed by atoms with van der Waals surface area (Å²) in [6.45, 7) is 6.05. The maximum absolute atomic E-state index is 12.2. The number of nitrogens with one attached hydrogen (secondary N) is 2. The third-order valence-electron chi connectivity index (χ3n) is 4.23. The lowest BCUT2D eigenvalue weighted by molar-refractivity contribution is -0.124. The number of hydrogen-bond acceptors (Lipinski definition) is 4. The van der Waals surface area contributed by atoms with Gasteiger partial charge in [0.1, 0.15) is 0 Å². The van der Waals surface area contributed by atoms with Crippen LogP contribution in [-0.2, 0) is 4.79 Å². The predicted octanol–water partition coefficient (Wildman–Crippen LogP) is 3.22. The highest BCUT2D eigenvalue weighted by Crippen LogP contribution is 2.27. The van der Waals surface area contributed by atoms with Crippen LogP contribution in [0.25, 0.3) is 6.08 Å². The molecule has 1 aliphatic carbocycles. The Morgan fingerprint density at radius 3 is 2.85 bits per heavy atom. The van der Waals surface area contributed by atoms with Gasteiger partial charge >= 0.3 is 0 Å². The summed E-state index contributed by atoms with van der Waals surface area (Å²) in [6, 6.07) is 6.73. The van der Waals surface area contributed by atoms with Gasteiger partial charge in [-0.25, -0.2) is 10.9 Å². The van der Waals surface area contributed by atoms with Crippen molar-refractivity contribution in [3.63, 3.8) is 0 Å². The molecule has 1 aromatic carbocycles. The smallest absolute Gasteiger partial charge is 0.271 e. The van der Waals surface area contributed by atoms with Crippen molar-refractivity contribution in [2.45, 2.75) is 26.2 Å². The Labute approximate surface area is 153 Å². The van der Waals surface area contributed by atoms with Crippen LogP contribution >= 0.6 is 0 Å². The van der Waals surface area contributed by atoms with Gasteiger partial charge in [0, 0.05) is 11.6 Å². The van der Waals surface area contributed by atoms with Crippen molar-refractivity contribution in [3.8, 4) is 0 Å². The Balaban J connectivity index is 1.93. The van der Waals surface area contributed by atoms with E-state index in [9.17, 15) is 9.59 Å². The van der Waals surface area contributed by atoms with Gasteiger partial charge < -0.3 is 0 Å². The van der Waals surface area contributed by atoms with Gasteiger partial charge in [0.2, 0.25) is 0 Å². The summed E-state index contributed by atoms with van der Waals surface area (Å²) in [5.74, 6) is -0.441. The summed E-state index contributed by atoms with van der Waals surface area (Å²) in [6.07, 6.45) is 9.42. The molecule has 1 aliphatic rings. The molecule has 6 heteroatoms. The van der Waals surface area contributed by atoms with Crippen LogP contribution in [0, 0.1) is 5.92 Å². The van der Waals surface area contributed by atoms with Crippen molar-refractivity contribution in [2.75, 3.05) is 0 Å². The van der Waals surface area contributed by atoms with E-state index in [4.69, 9.17) is 5.21 Å². The molecule has 0 radical (unpaired) electrons. The van der Waals surface area contributed by atoms with E-state index in [1.165, 1.54) is 23.2 Å². The second-order valence-corrected chi connectivity index (χ2v) is 6.23. The lowest BCUT2D eigenvalue weighted by Gasteiger charge is -2.20. The molecule has 0 aliphatic heterocycles. The van der Waals surface area contributed by atoms with Gasteiger partial charge in [-0.05, 0) is 61.4 Å². The second-order valence-electron chi connectivity index (χ2n) is 6.23. The van der Waals surface area contributed by atoms with Gasteiger partial charge in [0.05, 0.1) is 6.21 Å². The zero-order chi connectivity index (χ0) is 18.9. The molecule has 0 bridgehead atoms. The number of amides is 2. The summed E-state index contributed by atoms with van der Waals surface area (Å²) in [5.41, 5.74) is 7.41. The number of carbonyl (C=O) groups excluding carboxylic acids is 2. The van der Waals surface area contributed by atoms with Crippen molar-refractivity contribution in [2.24, 2.45) is 11.0 Å². The number of allylic oxidation sites excluding steroid dienone is 3. The first kappa shape index (κ1) is 19.3. The maximum atomic E-state index is 12.2. The molecular weight excluding hydrogens is 330 g/mol. The average molecular weight is 353 g/mol. The third-order valence-corrected chi connectivity index (χ3v) is 4.23. The zero-order valence-corrected chi connectivity index (χ0v) is 14.7.